The van der Waals surface area contributed by atoms with Crippen LogP contribution in [0.15, 0.2) is 40.1 Å². The minimum Gasteiger partial charge on any atom is -0.361 e. The van der Waals surface area contributed by atoms with Crippen LogP contribution in [0.25, 0.3) is 22.0 Å². The Hall–Kier alpha value is -2.56. The second-order valence-corrected chi connectivity index (χ2v) is 4.19. The molecule has 0 aliphatic rings. The molecule has 0 saturated heterocycles. The SMILES string of the molecule is Cc1[nH]c(=O)[nH]c(=O)c1-c1ccc2[nH]ccc2c1. The fourth-order valence-corrected chi connectivity index (χ4v) is 2.16. The zero-order valence-electron chi connectivity index (χ0n) is 9.70. The maximum atomic E-state index is 11.9. The largest absolute Gasteiger partial charge is 0.361 e. The van der Waals surface area contributed by atoms with Crippen LogP contribution in [-0.2, 0) is 0 Å². The molecule has 90 valence electrons. The molecule has 0 radical (unpaired) electrons. The van der Waals surface area contributed by atoms with Crippen molar-refractivity contribution >= 4 is 10.9 Å². The van der Waals surface area contributed by atoms with Crippen LogP contribution in [0.4, 0.5) is 0 Å². The summed E-state index contributed by atoms with van der Waals surface area (Å²) >= 11 is 0. The van der Waals surface area contributed by atoms with Crippen LogP contribution >= 0.6 is 0 Å². The highest BCUT2D eigenvalue weighted by Crippen LogP contribution is 2.22. The average Bonchev–Trinajstić information content (AvgIpc) is 2.74. The molecular weight excluding hydrogens is 230 g/mol. The van der Waals surface area contributed by atoms with Crippen molar-refractivity contribution in [2.24, 2.45) is 0 Å². The highest BCUT2D eigenvalue weighted by atomic mass is 16.2. The fourth-order valence-electron chi connectivity index (χ4n) is 2.16. The molecule has 0 fully saturated rings. The molecule has 3 rings (SSSR count). The fraction of sp³-hybridized carbons (Fsp3) is 0.0769. The smallest absolute Gasteiger partial charge is 0.325 e. The molecule has 0 atom stereocenters. The number of hydrogen-bond acceptors (Lipinski definition) is 2. The lowest BCUT2D eigenvalue weighted by Crippen LogP contribution is -2.24. The van der Waals surface area contributed by atoms with E-state index in [1.807, 2.05) is 30.5 Å². The molecule has 0 amide bonds. The van der Waals surface area contributed by atoms with Crippen molar-refractivity contribution in [3.05, 3.63) is 57.0 Å². The average molecular weight is 241 g/mol. The minimum absolute atomic E-state index is 0.369. The zero-order chi connectivity index (χ0) is 12.7. The molecule has 0 bridgehead atoms. The standard InChI is InChI=1S/C13H11N3O2/c1-7-11(12(17)16-13(18)15-7)9-2-3-10-8(6-9)4-5-14-10/h2-6,14H,1H3,(H2,15,16,17,18). The van der Waals surface area contributed by atoms with Crippen LogP contribution in [0.1, 0.15) is 5.69 Å². The van der Waals surface area contributed by atoms with Gasteiger partial charge in [-0.15, -0.1) is 0 Å². The Balaban J connectivity index is 2.32. The van der Waals surface area contributed by atoms with Gasteiger partial charge in [-0.2, -0.15) is 0 Å². The Kier molecular flexibility index (Phi) is 2.19. The van der Waals surface area contributed by atoms with E-state index in [1.54, 1.807) is 6.92 Å². The van der Waals surface area contributed by atoms with Gasteiger partial charge in [-0.05, 0) is 36.1 Å². The maximum Gasteiger partial charge on any atom is 0.325 e. The van der Waals surface area contributed by atoms with Gasteiger partial charge in [-0.25, -0.2) is 4.79 Å². The van der Waals surface area contributed by atoms with Crippen molar-refractivity contribution in [3.8, 4) is 11.1 Å². The summed E-state index contributed by atoms with van der Waals surface area (Å²) in [5, 5.41) is 1.03. The highest BCUT2D eigenvalue weighted by Gasteiger charge is 2.09. The van der Waals surface area contributed by atoms with Gasteiger partial charge in [0, 0.05) is 17.4 Å². The quantitative estimate of drug-likeness (QED) is 0.603. The highest BCUT2D eigenvalue weighted by molar-refractivity contribution is 5.85. The van der Waals surface area contributed by atoms with Gasteiger partial charge in [0.15, 0.2) is 0 Å². The number of aryl methyl sites for hydroxylation is 1. The molecule has 3 N–H and O–H groups in total. The summed E-state index contributed by atoms with van der Waals surface area (Å²) in [5.74, 6) is 0. The van der Waals surface area contributed by atoms with Gasteiger partial charge in [-0.3, -0.25) is 9.78 Å². The van der Waals surface area contributed by atoms with E-state index in [9.17, 15) is 9.59 Å². The minimum atomic E-state index is -0.482. The molecule has 0 aliphatic heterocycles. The molecule has 2 heterocycles. The number of H-pyrrole nitrogens is 3. The predicted octanol–water partition coefficient (Wildman–Crippen LogP) is 1.52. The lowest BCUT2D eigenvalue weighted by molar-refractivity contribution is 0.999. The molecule has 0 unspecified atom stereocenters. The Morgan fingerprint density at radius 2 is 1.89 bits per heavy atom. The van der Waals surface area contributed by atoms with E-state index in [-0.39, 0.29) is 5.56 Å². The van der Waals surface area contributed by atoms with Crippen LogP contribution in [0.2, 0.25) is 0 Å². The second kappa shape index (κ2) is 3.73. The summed E-state index contributed by atoms with van der Waals surface area (Å²) in [5.41, 5.74) is 2.01. The van der Waals surface area contributed by atoms with Gasteiger partial charge in [0.25, 0.3) is 5.56 Å². The molecule has 3 aromatic rings. The monoisotopic (exact) mass is 241 g/mol. The zero-order valence-corrected chi connectivity index (χ0v) is 9.70. The summed E-state index contributed by atoms with van der Waals surface area (Å²) in [6.45, 7) is 1.72. The molecular formula is C13H11N3O2. The van der Waals surface area contributed by atoms with Crippen molar-refractivity contribution in [1.82, 2.24) is 15.0 Å². The number of nitrogens with one attached hydrogen (secondary N) is 3. The van der Waals surface area contributed by atoms with Crippen molar-refractivity contribution in [2.45, 2.75) is 6.92 Å². The summed E-state index contributed by atoms with van der Waals surface area (Å²) < 4.78 is 0. The molecule has 0 spiro atoms. The lowest BCUT2D eigenvalue weighted by atomic mass is 10.0. The van der Waals surface area contributed by atoms with Crippen LogP contribution in [0.3, 0.4) is 0 Å². The first-order chi connectivity index (χ1) is 8.65. The van der Waals surface area contributed by atoms with Gasteiger partial charge in [0.2, 0.25) is 0 Å². The molecule has 0 aliphatic carbocycles. The first-order valence-corrected chi connectivity index (χ1v) is 5.56. The van der Waals surface area contributed by atoms with E-state index in [4.69, 9.17) is 0 Å². The normalized spacial score (nSPS) is 10.9. The Morgan fingerprint density at radius 1 is 1.06 bits per heavy atom. The van der Waals surface area contributed by atoms with Gasteiger partial charge in [-0.1, -0.05) is 6.07 Å². The summed E-state index contributed by atoms with van der Waals surface area (Å²) in [6, 6.07) is 7.62. The third kappa shape index (κ3) is 1.57. The van der Waals surface area contributed by atoms with Gasteiger partial charge < -0.3 is 9.97 Å². The van der Waals surface area contributed by atoms with E-state index in [0.717, 1.165) is 16.5 Å². The number of benzene rings is 1. The van der Waals surface area contributed by atoms with Gasteiger partial charge in [0.05, 0.1) is 5.56 Å². The summed E-state index contributed by atoms with van der Waals surface area (Å²) in [4.78, 5) is 30.9. The van der Waals surface area contributed by atoms with Crippen LogP contribution in [-0.4, -0.2) is 15.0 Å². The van der Waals surface area contributed by atoms with Gasteiger partial charge in [0.1, 0.15) is 0 Å². The number of fused-ring (bicyclic) bond motifs is 1. The van der Waals surface area contributed by atoms with E-state index < -0.39 is 5.69 Å². The predicted molar refractivity (Wildman–Crippen MR) is 69.7 cm³/mol. The number of aromatic nitrogens is 3. The number of hydrogen-bond donors (Lipinski definition) is 3. The third-order valence-electron chi connectivity index (χ3n) is 2.97. The molecule has 5 nitrogen and oxygen atoms in total. The van der Waals surface area contributed by atoms with E-state index >= 15 is 0 Å². The van der Waals surface area contributed by atoms with Crippen LogP contribution < -0.4 is 11.2 Å². The number of rotatable bonds is 1. The summed E-state index contributed by atoms with van der Waals surface area (Å²) in [7, 11) is 0. The number of aromatic amines is 3. The van der Waals surface area contributed by atoms with E-state index in [0.29, 0.717) is 11.3 Å². The van der Waals surface area contributed by atoms with Crippen molar-refractivity contribution in [3.63, 3.8) is 0 Å². The molecule has 2 aromatic heterocycles. The first-order valence-electron chi connectivity index (χ1n) is 5.56. The second-order valence-electron chi connectivity index (χ2n) is 4.19. The van der Waals surface area contributed by atoms with E-state index in [1.165, 1.54) is 0 Å². The van der Waals surface area contributed by atoms with Crippen molar-refractivity contribution < 1.29 is 0 Å². The molecule has 1 aromatic carbocycles. The molecule has 5 heteroatoms. The Bertz CT molecular complexity index is 839. The van der Waals surface area contributed by atoms with Crippen LogP contribution in [0.5, 0.6) is 0 Å². The van der Waals surface area contributed by atoms with Crippen LogP contribution in [0, 0.1) is 6.92 Å². The van der Waals surface area contributed by atoms with Crippen molar-refractivity contribution in [2.75, 3.05) is 0 Å². The first kappa shape index (κ1) is 10.6. The molecule has 18 heavy (non-hydrogen) atoms. The molecule has 0 saturated carbocycles. The topological polar surface area (TPSA) is 81.5 Å². The summed E-state index contributed by atoms with van der Waals surface area (Å²) in [6.07, 6.45) is 1.85. The maximum absolute atomic E-state index is 11.9. The van der Waals surface area contributed by atoms with Crippen molar-refractivity contribution in [1.29, 1.82) is 0 Å². The van der Waals surface area contributed by atoms with E-state index in [2.05, 4.69) is 15.0 Å². The third-order valence-corrected chi connectivity index (χ3v) is 2.97. The van der Waals surface area contributed by atoms with Gasteiger partial charge >= 0.3 is 5.69 Å². The Morgan fingerprint density at radius 3 is 2.67 bits per heavy atom. The Labute approximate surface area is 102 Å². The lowest BCUT2D eigenvalue weighted by Gasteiger charge is -2.04.